The van der Waals surface area contributed by atoms with Crippen molar-refractivity contribution in [2.75, 3.05) is 6.54 Å². The molecular formula is C18H25N3O2. The molecule has 1 atom stereocenters. The third-order valence-electron chi connectivity index (χ3n) is 4.80. The molecule has 1 aliphatic heterocycles. The fourth-order valence-corrected chi connectivity index (χ4v) is 3.52. The zero-order valence-electron chi connectivity index (χ0n) is 13.5. The second-order valence-electron chi connectivity index (χ2n) is 6.49. The van der Waals surface area contributed by atoms with Crippen LogP contribution in [0.4, 0.5) is 4.79 Å². The van der Waals surface area contributed by atoms with Crippen molar-refractivity contribution in [1.29, 1.82) is 0 Å². The number of amides is 3. The molecule has 124 valence electrons. The van der Waals surface area contributed by atoms with Crippen molar-refractivity contribution in [1.82, 2.24) is 15.5 Å². The van der Waals surface area contributed by atoms with Crippen LogP contribution < -0.4 is 10.6 Å². The average molecular weight is 315 g/mol. The minimum absolute atomic E-state index is 0.0178. The summed E-state index contributed by atoms with van der Waals surface area (Å²) in [5, 5.41) is 6.05. The van der Waals surface area contributed by atoms with Crippen molar-refractivity contribution < 1.29 is 9.59 Å². The van der Waals surface area contributed by atoms with E-state index in [4.69, 9.17) is 0 Å². The molecule has 2 aliphatic rings. The number of benzene rings is 1. The standard InChI is InChI=1S/C18H25N3O2/c22-17(20-15-9-4-5-10-15)16-11-6-12-21(16)18(23)19-13-14-7-2-1-3-8-14/h1-3,7-8,15-16H,4-6,9-13H2,(H,19,23)(H,20,22). The Morgan fingerprint density at radius 2 is 1.78 bits per heavy atom. The van der Waals surface area contributed by atoms with Gasteiger partial charge < -0.3 is 15.5 Å². The van der Waals surface area contributed by atoms with E-state index in [-0.39, 0.29) is 18.0 Å². The number of hydrogen-bond donors (Lipinski definition) is 2. The van der Waals surface area contributed by atoms with E-state index in [0.29, 0.717) is 19.1 Å². The third kappa shape index (κ3) is 4.03. The van der Waals surface area contributed by atoms with Gasteiger partial charge in [-0.2, -0.15) is 0 Å². The van der Waals surface area contributed by atoms with Crippen LogP contribution in [0.2, 0.25) is 0 Å². The van der Waals surface area contributed by atoms with Gasteiger partial charge in [0.05, 0.1) is 0 Å². The van der Waals surface area contributed by atoms with Gasteiger partial charge in [-0.25, -0.2) is 4.79 Å². The molecule has 2 N–H and O–H groups in total. The Kier molecular flexibility index (Phi) is 5.16. The van der Waals surface area contributed by atoms with Crippen molar-refractivity contribution in [2.45, 2.75) is 57.2 Å². The molecule has 0 aromatic heterocycles. The third-order valence-corrected chi connectivity index (χ3v) is 4.80. The highest BCUT2D eigenvalue weighted by atomic mass is 16.2. The SMILES string of the molecule is O=C(NC1CCCC1)C1CCCN1C(=O)NCc1ccccc1. The van der Waals surface area contributed by atoms with E-state index in [1.807, 2.05) is 30.3 Å². The average Bonchev–Trinajstić information content (AvgIpc) is 3.24. The molecule has 3 rings (SSSR count). The minimum Gasteiger partial charge on any atom is -0.352 e. The molecule has 1 saturated heterocycles. The summed E-state index contributed by atoms with van der Waals surface area (Å²) < 4.78 is 0. The van der Waals surface area contributed by atoms with Gasteiger partial charge in [-0.3, -0.25) is 4.79 Å². The number of likely N-dealkylation sites (tertiary alicyclic amines) is 1. The van der Waals surface area contributed by atoms with Crippen molar-refractivity contribution >= 4 is 11.9 Å². The Balaban J connectivity index is 1.52. The van der Waals surface area contributed by atoms with Crippen molar-refractivity contribution in [3.05, 3.63) is 35.9 Å². The number of hydrogen-bond acceptors (Lipinski definition) is 2. The molecule has 23 heavy (non-hydrogen) atoms. The fourth-order valence-electron chi connectivity index (χ4n) is 3.52. The second kappa shape index (κ2) is 7.49. The van der Waals surface area contributed by atoms with E-state index in [1.165, 1.54) is 12.8 Å². The second-order valence-corrected chi connectivity index (χ2v) is 6.49. The molecule has 3 amide bonds. The summed E-state index contributed by atoms with van der Waals surface area (Å²) in [4.78, 5) is 26.6. The number of carbonyl (C=O) groups excluding carboxylic acids is 2. The molecule has 0 radical (unpaired) electrons. The van der Waals surface area contributed by atoms with Gasteiger partial charge in [0.15, 0.2) is 0 Å². The van der Waals surface area contributed by atoms with Crippen molar-refractivity contribution in [3.8, 4) is 0 Å². The van der Waals surface area contributed by atoms with Crippen molar-refractivity contribution in [3.63, 3.8) is 0 Å². The smallest absolute Gasteiger partial charge is 0.318 e. The summed E-state index contributed by atoms with van der Waals surface area (Å²) in [6, 6.07) is 9.67. The highest BCUT2D eigenvalue weighted by Crippen LogP contribution is 2.21. The van der Waals surface area contributed by atoms with Crippen LogP contribution in [0.1, 0.15) is 44.1 Å². The van der Waals surface area contributed by atoms with Crippen LogP contribution in [0.3, 0.4) is 0 Å². The molecule has 1 aromatic rings. The van der Waals surface area contributed by atoms with Crippen LogP contribution in [0.15, 0.2) is 30.3 Å². The summed E-state index contributed by atoms with van der Waals surface area (Å²) >= 11 is 0. The highest BCUT2D eigenvalue weighted by Gasteiger charge is 2.35. The summed E-state index contributed by atoms with van der Waals surface area (Å²) in [7, 11) is 0. The molecule has 1 heterocycles. The van der Waals surface area contributed by atoms with Crippen LogP contribution in [-0.4, -0.2) is 35.5 Å². The summed E-state index contributed by atoms with van der Waals surface area (Å²) in [5.74, 6) is 0.0178. The normalized spacial score (nSPS) is 21.4. The highest BCUT2D eigenvalue weighted by molar-refractivity contribution is 5.87. The lowest BCUT2D eigenvalue weighted by atomic mass is 10.1. The fraction of sp³-hybridized carbons (Fsp3) is 0.556. The predicted molar refractivity (Wildman–Crippen MR) is 88.8 cm³/mol. The zero-order valence-corrected chi connectivity index (χ0v) is 13.5. The number of urea groups is 1. The Morgan fingerprint density at radius 1 is 1.04 bits per heavy atom. The lowest BCUT2D eigenvalue weighted by Crippen LogP contribution is -2.51. The molecule has 0 spiro atoms. The van der Waals surface area contributed by atoms with E-state index >= 15 is 0 Å². The van der Waals surface area contributed by atoms with Gasteiger partial charge in [-0.1, -0.05) is 43.2 Å². The Bertz CT molecular complexity index is 540. The summed E-state index contributed by atoms with van der Waals surface area (Å²) in [6.45, 7) is 1.15. The maximum atomic E-state index is 12.5. The molecule has 1 unspecified atom stereocenters. The number of nitrogens with zero attached hydrogens (tertiary/aromatic N) is 1. The quantitative estimate of drug-likeness (QED) is 0.896. The lowest BCUT2D eigenvalue weighted by Gasteiger charge is -2.25. The van der Waals surface area contributed by atoms with Crippen molar-refractivity contribution in [2.24, 2.45) is 0 Å². The van der Waals surface area contributed by atoms with E-state index in [2.05, 4.69) is 10.6 Å². The molecule has 2 fully saturated rings. The Morgan fingerprint density at radius 3 is 2.52 bits per heavy atom. The zero-order chi connectivity index (χ0) is 16.1. The van der Waals surface area contributed by atoms with E-state index < -0.39 is 0 Å². The Labute approximate surface area is 137 Å². The molecule has 1 aromatic carbocycles. The van der Waals surface area contributed by atoms with E-state index in [0.717, 1.165) is 31.2 Å². The van der Waals surface area contributed by atoms with Crippen LogP contribution in [0.5, 0.6) is 0 Å². The molecule has 5 heteroatoms. The summed E-state index contributed by atoms with van der Waals surface area (Å²) in [6.07, 6.45) is 6.17. The first kappa shape index (κ1) is 15.8. The minimum atomic E-state index is -0.314. The van der Waals surface area contributed by atoms with Gasteiger partial charge in [0.2, 0.25) is 5.91 Å². The van der Waals surface area contributed by atoms with Gasteiger partial charge in [-0.15, -0.1) is 0 Å². The van der Waals surface area contributed by atoms with Gasteiger partial charge in [0.25, 0.3) is 0 Å². The molecule has 0 bridgehead atoms. The number of nitrogens with one attached hydrogen (secondary N) is 2. The molecule has 1 saturated carbocycles. The maximum Gasteiger partial charge on any atom is 0.318 e. The first-order valence-corrected chi connectivity index (χ1v) is 8.63. The molecule has 5 nitrogen and oxygen atoms in total. The van der Waals surface area contributed by atoms with Crippen LogP contribution >= 0.6 is 0 Å². The maximum absolute atomic E-state index is 12.5. The lowest BCUT2D eigenvalue weighted by molar-refractivity contribution is -0.125. The van der Waals surface area contributed by atoms with Gasteiger partial charge in [-0.05, 0) is 31.2 Å². The van der Waals surface area contributed by atoms with E-state index in [9.17, 15) is 9.59 Å². The van der Waals surface area contributed by atoms with Crippen LogP contribution in [0.25, 0.3) is 0 Å². The van der Waals surface area contributed by atoms with Crippen LogP contribution in [0, 0.1) is 0 Å². The first-order valence-electron chi connectivity index (χ1n) is 8.63. The molecule has 1 aliphatic carbocycles. The monoisotopic (exact) mass is 315 g/mol. The number of rotatable bonds is 4. The molecular weight excluding hydrogens is 290 g/mol. The first-order chi connectivity index (χ1) is 11.2. The topological polar surface area (TPSA) is 61.4 Å². The predicted octanol–water partition coefficient (Wildman–Crippen LogP) is 2.42. The van der Waals surface area contributed by atoms with Gasteiger partial charge in [0.1, 0.15) is 6.04 Å². The largest absolute Gasteiger partial charge is 0.352 e. The van der Waals surface area contributed by atoms with Gasteiger partial charge in [0, 0.05) is 19.1 Å². The van der Waals surface area contributed by atoms with Gasteiger partial charge >= 0.3 is 6.03 Å². The van der Waals surface area contributed by atoms with E-state index in [1.54, 1.807) is 4.90 Å². The summed E-state index contributed by atoms with van der Waals surface area (Å²) in [5.41, 5.74) is 1.06. The number of carbonyl (C=O) groups is 2. The Hall–Kier alpha value is -2.04. The van der Waals surface area contributed by atoms with Crippen LogP contribution in [-0.2, 0) is 11.3 Å².